The molecule has 10 heteroatoms. The lowest BCUT2D eigenvalue weighted by molar-refractivity contribution is -0.131. The maximum atomic E-state index is 14.0. The molecule has 200 valence electrons. The Bertz CT molecular complexity index is 1210. The molecule has 0 aromatic heterocycles. The van der Waals surface area contributed by atoms with Gasteiger partial charge in [-0.05, 0) is 75.4 Å². The van der Waals surface area contributed by atoms with E-state index in [0.717, 1.165) is 18.5 Å². The summed E-state index contributed by atoms with van der Waals surface area (Å²) >= 11 is 0. The van der Waals surface area contributed by atoms with Crippen LogP contribution in [0.2, 0.25) is 0 Å². The van der Waals surface area contributed by atoms with E-state index < -0.39 is 47.8 Å². The third kappa shape index (κ3) is 4.11. The predicted molar refractivity (Wildman–Crippen MR) is 133 cm³/mol. The number of benzene rings is 1. The smallest absolute Gasteiger partial charge is 0.250 e. The summed E-state index contributed by atoms with van der Waals surface area (Å²) in [7, 11) is 3.43. The van der Waals surface area contributed by atoms with Gasteiger partial charge in [-0.15, -0.1) is 0 Å². The van der Waals surface area contributed by atoms with Crippen molar-refractivity contribution in [1.82, 2.24) is 9.80 Å². The second kappa shape index (κ2) is 9.41. The van der Waals surface area contributed by atoms with Crippen molar-refractivity contribution in [3.8, 4) is 5.75 Å². The van der Waals surface area contributed by atoms with Crippen LogP contribution >= 0.6 is 0 Å². The van der Waals surface area contributed by atoms with Crippen LogP contribution in [0.1, 0.15) is 36.0 Å². The van der Waals surface area contributed by atoms with E-state index in [1.54, 1.807) is 25.1 Å². The second-order valence-electron chi connectivity index (χ2n) is 11.0. The van der Waals surface area contributed by atoms with Gasteiger partial charge in [0.1, 0.15) is 23.4 Å². The molecule has 1 aromatic rings. The number of carbonyl (C=O) groups excluding carboxylic acids is 2. The Morgan fingerprint density at radius 1 is 1.24 bits per heavy atom. The number of allylic oxidation sites excluding steroid dienone is 1. The number of nitrogens with zero attached hydrogens (tertiary/aromatic N) is 2. The Hall–Kier alpha value is -2.95. The van der Waals surface area contributed by atoms with Gasteiger partial charge in [0.15, 0.2) is 5.78 Å². The molecule has 37 heavy (non-hydrogen) atoms. The fourth-order valence-electron chi connectivity index (χ4n) is 7.05. The van der Waals surface area contributed by atoms with E-state index >= 15 is 0 Å². The van der Waals surface area contributed by atoms with Crippen molar-refractivity contribution in [3.63, 3.8) is 0 Å². The highest BCUT2D eigenvalue weighted by Gasteiger charge is 2.55. The van der Waals surface area contributed by atoms with Crippen LogP contribution < -0.4 is 5.73 Å². The Balaban J connectivity index is 1.57. The van der Waals surface area contributed by atoms with Crippen molar-refractivity contribution in [3.05, 3.63) is 45.7 Å². The Labute approximate surface area is 214 Å². The van der Waals surface area contributed by atoms with Crippen LogP contribution in [-0.4, -0.2) is 87.4 Å². The number of aliphatic hydroxyl groups excluding tert-OH is 3. The molecule has 3 aliphatic carbocycles. The minimum atomic E-state index is -1.61. The topological polar surface area (TPSA) is 148 Å². The Kier molecular flexibility index (Phi) is 6.54. The van der Waals surface area contributed by atoms with E-state index in [1.807, 2.05) is 4.90 Å². The number of piperidine rings is 1. The maximum Gasteiger partial charge on any atom is 0.250 e. The Morgan fingerprint density at radius 3 is 2.62 bits per heavy atom. The first-order chi connectivity index (χ1) is 17.5. The van der Waals surface area contributed by atoms with E-state index in [1.165, 1.54) is 6.07 Å². The van der Waals surface area contributed by atoms with Gasteiger partial charge < -0.3 is 26.2 Å². The molecule has 4 aliphatic rings. The van der Waals surface area contributed by atoms with Gasteiger partial charge in [-0.1, -0.05) is 6.07 Å². The average Bonchev–Trinajstić information content (AvgIpc) is 2.80. The molecule has 1 aliphatic heterocycles. The van der Waals surface area contributed by atoms with Crippen molar-refractivity contribution in [2.24, 2.45) is 23.5 Å². The molecule has 1 heterocycles. The zero-order valence-corrected chi connectivity index (χ0v) is 21.0. The lowest BCUT2D eigenvalue weighted by Crippen LogP contribution is -2.57. The number of Topliss-reactive ketones (excluding diaryl/α,β-unsaturated/α-hetero) is 1. The number of likely N-dealkylation sites (tertiary alicyclic amines) is 1. The lowest BCUT2D eigenvalue weighted by Gasteiger charge is -2.48. The normalized spacial score (nSPS) is 32.3. The van der Waals surface area contributed by atoms with E-state index in [-0.39, 0.29) is 34.0 Å². The largest absolute Gasteiger partial charge is 0.510 e. The summed E-state index contributed by atoms with van der Waals surface area (Å²) in [5.74, 6) is -4.39. The summed E-state index contributed by atoms with van der Waals surface area (Å²) in [6.45, 7) is 1.54. The highest BCUT2D eigenvalue weighted by molar-refractivity contribution is 6.07. The van der Waals surface area contributed by atoms with Gasteiger partial charge in [0.2, 0.25) is 0 Å². The number of amides is 1. The van der Waals surface area contributed by atoms with Crippen molar-refractivity contribution in [2.75, 3.05) is 27.2 Å². The quantitative estimate of drug-likeness (QED) is 0.406. The third-order valence-electron chi connectivity index (χ3n) is 8.59. The number of hydrogen-bond donors (Lipinski definition) is 5. The van der Waals surface area contributed by atoms with E-state index in [2.05, 4.69) is 0 Å². The number of halogens is 1. The van der Waals surface area contributed by atoms with Gasteiger partial charge in [-0.3, -0.25) is 19.4 Å². The average molecular weight is 516 g/mol. The molecule has 1 amide bonds. The van der Waals surface area contributed by atoms with Crippen molar-refractivity contribution in [1.29, 1.82) is 0 Å². The number of alkyl halides is 1. The molecule has 9 nitrogen and oxygen atoms in total. The van der Waals surface area contributed by atoms with E-state index in [9.17, 15) is 34.4 Å². The molecular weight excluding hydrogens is 481 g/mol. The predicted octanol–water partition coefficient (Wildman–Crippen LogP) is 1.57. The highest BCUT2D eigenvalue weighted by atomic mass is 19.1. The number of phenolic OH excluding ortho intramolecular Hbond substituents is 1. The first-order valence-corrected chi connectivity index (χ1v) is 12.8. The van der Waals surface area contributed by atoms with Gasteiger partial charge in [0.05, 0.1) is 29.2 Å². The van der Waals surface area contributed by atoms with Crippen molar-refractivity contribution >= 4 is 17.4 Å². The molecule has 2 fully saturated rings. The van der Waals surface area contributed by atoms with Crippen molar-refractivity contribution < 1.29 is 34.4 Å². The summed E-state index contributed by atoms with van der Waals surface area (Å²) in [4.78, 5) is 29.6. The number of fused-ring (bicyclic) bond motifs is 3. The molecule has 0 radical (unpaired) electrons. The second-order valence-corrected chi connectivity index (χ2v) is 11.0. The van der Waals surface area contributed by atoms with Crippen LogP contribution in [-0.2, 0) is 22.6 Å². The van der Waals surface area contributed by atoms with Gasteiger partial charge in [-0.25, -0.2) is 4.39 Å². The van der Waals surface area contributed by atoms with Gasteiger partial charge in [-0.2, -0.15) is 0 Å². The van der Waals surface area contributed by atoms with Crippen LogP contribution in [0, 0.1) is 17.8 Å². The number of phenols is 1. The summed E-state index contributed by atoms with van der Waals surface area (Å²) in [5.41, 5.74) is 6.94. The number of hydrogen-bond acceptors (Lipinski definition) is 8. The van der Waals surface area contributed by atoms with E-state index in [4.69, 9.17) is 5.73 Å². The number of primary amides is 1. The maximum absolute atomic E-state index is 14.0. The first kappa shape index (κ1) is 25.7. The number of likely N-dealkylation sites (N-methyl/N-ethyl adjacent to an activating group) is 1. The SMILES string of the molecule is CN(C)[C@@H]1C(O)=C(C(N)=O)[C@@H](O)C2C(=O)C3=C(O)c4c(O)ccc(CN5CCCC(F)C5)c4C[C@H]3CC21. The fraction of sp³-hybridized carbons (Fsp3) is 0.556. The summed E-state index contributed by atoms with van der Waals surface area (Å²) < 4.78 is 14.0. The molecule has 3 unspecified atom stereocenters. The number of nitrogens with two attached hydrogens (primary N) is 1. The minimum Gasteiger partial charge on any atom is -0.510 e. The molecule has 6 N–H and O–H groups in total. The van der Waals surface area contributed by atoms with Crippen molar-refractivity contribution in [2.45, 2.75) is 50.5 Å². The third-order valence-corrected chi connectivity index (χ3v) is 8.59. The van der Waals surface area contributed by atoms with Crippen LogP contribution in [0.15, 0.2) is 29.0 Å². The monoisotopic (exact) mass is 515 g/mol. The molecule has 1 saturated carbocycles. The summed E-state index contributed by atoms with van der Waals surface area (Å²) in [5, 5.41) is 43.9. The molecule has 0 spiro atoms. The number of carbonyl (C=O) groups is 2. The van der Waals surface area contributed by atoms with Gasteiger partial charge in [0, 0.05) is 18.7 Å². The number of aliphatic hydroxyl groups is 3. The Morgan fingerprint density at radius 2 is 1.97 bits per heavy atom. The summed E-state index contributed by atoms with van der Waals surface area (Å²) in [6, 6.07) is 2.54. The molecule has 1 aromatic carbocycles. The first-order valence-electron chi connectivity index (χ1n) is 12.8. The molecular formula is C27H34FN3O6. The minimum absolute atomic E-state index is 0.116. The molecule has 1 saturated heterocycles. The molecule has 5 rings (SSSR count). The van der Waals surface area contributed by atoms with Gasteiger partial charge in [0.25, 0.3) is 5.91 Å². The fourth-order valence-corrected chi connectivity index (χ4v) is 7.05. The number of aromatic hydroxyl groups is 1. The van der Waals surface area contributed by atoms with Gasteiger partial charge >= 0.3 is 0 Å². The van der Waals surface area contributed by atoms with Crippen LogP contribution in [0.3, 0.4) is 0 Å². The van der Waals surface area contributed by atoms with E-state index in [0.29, 0.717) is 37.9 Å². The van der Waals surface area contributed by atoms with Crippen LogP contribution in [0.4, 0.5) is 4.39 Å². The highest BCUT2D eigenvalue weighted by Crippen LogP contribution is 2.51. The zero-order valence-electron chi connectivity index (χ0n) is 21.0. The number of ketones is 1. The number of rotatable bonds is 4. The zero-order chi connectivity index (χ0) is 26.8. The molecule has 6 atom stereocenters. The summed E-state index contributed by atoms with van der Waals surface area (Å²) in [6.07, 6.45) is -0.472. The lowest BCUT2D eigenvalue weighted by atomic mass is 9.59. The van der Waals surface area contributed by atoms with Crippen LogP contribution in [0.5, 0.6) is 5.75 Å². The van der Waals surface area contributed by atoms with Crippen LogP contribution in [0.25, 0.3) is 5.76 Å². The standard InChI is InChI=1S/C27H34FN3O6/c1-30(2)22-16-9-13-8-15-12(10-31-7-3-4-14(28)11-31)5-6-17(32)19(15)23(33)18(13)24(34)20(16)25(35)21(26(22)36)27(29)37/h5-6,13-14,16,20,22,25,32-33,35-36H,3-4,7-11H2,1-2H3,(H2,29,37)/t13-,14?,16?,20?,22-,25-/m0/s1. The molecule has 0 bridgehead atoms.